The molecule has 2 atom stereocenters. The van der Waals surface area contributed by atoms with Crippen molar-refractivity contribution in [2.75, 3.05) is 19.1 Å². The van der Waals surface area contributed by atoms with Gasteiger partial charge in [0.15, 0.2) is 0 Å². The highest BCUT2D eigenvalue weighted by atomic mass is 16.7. The normalized spacial score (nSPS) is 21.3. The molecule has 2 heterocycles. The molecule has 0 unspecified atom stereocenters. The first-order chi connectivity index (χ1) is 12.7. The molecule has 0 aromatic heterocycles. The van der Waals surface area contributed by atoms with Crippen LogP contribution in [0.3, 0.4) is 0 Å². The molecular formula is C19H16N2O5. The quantitative estimate of drug-likeness (QED) is 0.787. The second-order valence-electron chi connectivity index (χ2n) is 5.89. The maximum absolute atomic E-state index is 13.0. The van der Waals surface area contributed by atoms with Crippen LogP contribution in [0.25, 0.3) is 0 Å². The highest BCUT2D eigenvalue weighted by Crippen LogP contribution is 2.37. The summed E-state index contributed by atoms with van der Waals surface area (Å²) in [7, 11) is 3.07. The fourth-order valence-corrected chi connectivity index (χ4v) is 3.25. The molecule has 0 spiro atoms. The van der Waals surface area contributed by atoms with E-state index >= 15 is 0 Å². The number of para-hydroxylation sites is 1. The van der Waals surface area contributed by atoms with Crippen molar-refractivity contribution in [1.29, 1.82) is 0 Å². The Morgan fingerprint density at radius 2 is 1.77 bits per heavy atom. The SMILES string of the molecule is COc1ccc(OC)c(C2=NO[C@@H]3C(=O)N(c4ccccc4)C(=O)[C@@H]23)c1. The first-order valence-corrected chi connectivity index (χ1v) is 8.04. The molecular weight excluding hydrogens is 336 g/mol. The largest absolute Gasteiger partial charge is 0.497 e. The van der Waals surface area contributed by atoms with E-state index in [2.05, 4.69) is 5.16 Å². The fraction of sp³-hybridized carbons (Fsp3) is 0.211. The average Bonchev–Trinajstić information content (AvgIpc) is 3.22. The molecule has 0 bridgehead atoms. The molecule has 2 amide bonds. The van der Waals surface area contributed by atoms with Crippen molar-refractivity contribution >= 4 is 23.2 Å². The first-order valence-electron chi connectivity index (χ1n) is 8.04. The highest BCUT2D eigenvalue weighted by Gasteiger charge is 2.56. The Bertz CT molecular complexity index is 909. The first kappa shape index (κ1) is 16.1. The number of ether oxygens (including phenoxy) is 2. The van der Waals surface area contributed by atoms with Gasteiger partial charge >= 0.3 is 0 Å². The van der Waals surface area contributed by atoms with Gasteiger partial charge in [0.1, 0.15) is 23.1 Å². The Morgan fingerprint density at radius 3 is 2.46 bits per heavy atom. The summed E-state index contributed by atoms with van der Waals surface area (Å²) in [6.07, 6.45) is -0.964. The van der Waals surface area contributed by atoms with Crippen LogP contribution >= 0.6 is 0 Å². The lowest BCUT2D eigenvalue weighted by atomic mass is 9.93. The minimum absolute atomic E-state index is 0.363. The van der Waals surface area contributed by atoms with Crippen LogP contribution in [-0.4, -0.2) is 37.8 Å². The number of oxime groups is 1. The fourth-order valence-electron chi connectivity index (χ4n) is 3.25. The molecule has 0 aliphatic carbocycles. The zero-order valence-corrected chi connectivity index (χ0v) is 14.2. The molecule has 4 rings (SSSR count). The summed E-state index contributed by atoms with van der Waals surface area (Å²) in [6, 6.07) is 14.0. The van der Waals surface area contributed by atoms with Crippen molar-refractivity contribution in [2.24, 2.45) is 11.1 Å². The van der Waals surface area contributed by atoms with Crippen molar-refractivity contribution in [3.63, 3.8) is 0 Å². The zero-order valence-electron chi connectivity index (χ0n) is 14.2. The van der Waals surface area contributed by atoms with Crippen LogP contribution in [-0.2, 0) is 14.4 Å². The van der Waals surface area contributed by atoms with E-state index < -0.39 is 17.9 Å². The average molecular weight is 352 g/mol. The third-order valence-electron chi connectivity index (χ3n) is 4.51. The number of hydrogen-bond acceptors (Lipinski definition) is 6. The van der Waals surface area contributed by atoms with E-state index in [0.29, 0.717) is 28.5 Å². The molecule has 2 aromatic rings. The van der Waals surface area contributed by atoms with Gasteiger partial charge in [-0.05, 0) is 30.3 Å². The van der Waals surface area contributed by atoms with E-state index in [-0.39, 0.29) is 5.91 Å². The molecule has 26 heavy (non-hydrogen) atoms. The molecule has 1 saturated heterocycles. The maximum Gasteiger partial charge on any atom is 0.278 e. The lowest BCUT2D eigenvalue weighted by molar-refractivity contribution is -0.126. The van der Waals surface area contributed by atoms with E-state index in [0.717, 1.165) is 4.90 Å². The van der Waals surface area contributed by atoms with Gasteiger partial charge in [0.2, 0.25) is 12.0 Å². The lowest BCUT2D eigenvalue weighted by Crippen LogP contribution is -2.33. The Labute approximate surface area is 149 Å². The molecule has 2 aliphatic heterocycles. The number of anilines is 1. The Balaban J connectivity index is 1.75. The Morgan fingerprint density at radius 1 is 1.00 bits per heavy atom. The lowest BCUT2D eigenvalue weighted by Gasteiger charge is -2.16. The maximum atomic E-state index is 13.0. The van der Waals surface area contributed by atoms with Crippen LogP contribution in [0.4, 0.5) is 5.69 Å². The summed E-state index contributed by atoms with van der Waals surface area (Å²) >= 11 is 0. The molecule has 7 nitrogen and oxygen atoms in total. The van der Waals surface area contributed by atoms with Gasteiger partial charge in [-0.25, -0.2) is 4.90 Å². The van der Waals surface area contributed by atoms with Crippen LogP contribution in [0.1, 0.15) is 5.56 Å². The number of nitrogens with zero attached hydrogens (tertiary/aromatic N) is 2. The number of fused-ring (bicyclic) bond motifs is 1. The van der Waals surface area contributed by atoms with Gasteiger partial charge in [0.05, 0.1) is 19.9 Å². The van der Waals surface area contributed by atoms with Gasteiger partial charge in [0.25, 0.3) is 5.91 Å². The summed E-state index contributed by atoms with van der Waals surface area (Å²) in [5.74, 6) is -0.501. The van der Waals surface area contributed by atoms with Gasteiger partial charge in [-0.1, -0.05) is 23.4 Å². The summed E-state index contributed by atoms with van der Waals surface area (Å²) in [6.45, 7) is 0. The minimum Gasteiger partial charge on any atom is -0.497 e. The van der Waals surface area contributed by atoms with E-state index in [1.165, 1.54) is 7.11 Å². The number of rotatable bonds is 4. The molecule has 0 radical (unpaired) electrons. The van der Waals surface area contributed by atoms with E-state index in [1.807, 2.05) is 6.07 Å². The molecule has 0 saturated carbocycles. The number of hydrogen-bond donors (Lipinski definition) is 0. The Hall–Kier alpha value is -3.35. The highest BCUT2D eigenvalue weighted by molar-refractivity contribution is 6.32. The predicted molar refractivity (Wildman–Crippen MR) is 93.4 cm³/mol. The molecule has 0 N–H and O–H groups in total. The van der Waals surface area contributed by atoms with Crippen LogP contribution < -0.4 is 14.4 Å². The third kappa shape index (κ3) is 2.32. The molecule has 2 aliphatic rings. The number of carbonyl (C=O) groups is 2. The van der Waals surface area contributed by atoms with E-state index in [9.17, 15) is 9.59 Å². The third-order valence-corrected chi connectivity index (χ3v) is 4.51. The summed E-state index contributed by atoms with van der Waals surface area (Å²) in [5.41, 5.74) is 1.44. The number of amides is 2. The molecule has 2 aromatic carbocycles. The van der Waals surface area contributed by atoms with Gasteiger partial charge in [-0.3, -0.25) is 9.59 Å². The monoisotopic (exact) mass is 352 g/mol. The van der Waals surface area contributed by atoms with Crippen LogP contribution in [0, 0.1) is 5.92 Å². The van der Waals surface area contributed by atoms with E-state index in [4.69, 9.17) is 14.3 Å². The Kier molecular flexibility index (Phi) is 3.84. The molecule has 7 heteroatoms. The summed E-state index contributed by atoms with van der Waals surface area (Å²) < 4.78 is 10.6. The topological polar surface area (TPSA) is 77.4 Å². The van der Waals surface area contributed by atoms with Crippen molar-refractivity contribution in [3.05, 3.63) is 54.1 Å². The number of methoxy groups -OCH3 is 2. The number of benzene rings is 2. The second-order valence-corrected chi connectivity index (χ2v) is 5.89. The number of carbonyl (C=O) groups excluding carboxylic acids is 2. The van der Waals surface area contributed by atoms with Gasteiger partial charge in [0, 0.05) is 5.56 Å². The van der Waals surface area contributed by atoms with Gasteiger partial charge in [-0.2, -0.15) is 0 Å². The summed E-state index contributed by atoms with van der Waals surface area (Å²) in [4.78, 5) is 32.2. The van der Waals surface area contributed by atoms with Crippen molar-refractivity contribution < 1.29 is 23.9 Å². The van der Waals surface area contributed by atoms with Crippen LogP contribution in [0.5, 0.6) is 11.5 Å². The molecule has 132 valence electrons. The van der Waals surface area contributed by atoms with Crippen molar-refractivity contribution in [1.82, 2.24) is 0 Å². The van der Waals surface area contributed by atoms with Crippen molar-refractivity contribution in [3.8, 4) is 11.5 Å². The second kappa shape index (κ2) is 6.18. The van der Waals surface area contributed by atoms with Crippen molar-refractivity contribution in [2.45, 2.75) is 6.10 Å². The smallest absolute Gasteiger partial charge is 0.278 e. The van der Waals surface area contributed by atoms with Crippen LogP contribution in [0.15, 0.2) is 53.7 Å². The van der Waals surface area contributed by atoms with Gasteiger partial charge < -0.3 is 14.3 Å². The standard InChI is InChI=1S/C19H16N2O5/c1-24-12-8-9-14(25-2)13(10-12)16-15-17(26-20-16)19(23)21(18(15)22)11-6-4-3-5-7-11/h3-10,15,17H,1-2H3/t15-,17-/m0/s1. The predicted octanol–water partition coefficient (Wildman–Crippen LogP) is 2.00. The van der Waals surface area contributed by atoms with Crippen LogP contribution in [0.2, 0.25) is 0 Å². The molecule has 1 fully saturated rings. The number of imide groups is 1. The summed E-state index contributed by atoms with van der Waals surface area (Å²) in [5, 5.41) is 4.02. The zero-order chi connectivity index (χ0) is 18.3. The van der Waals surface area contributed by atoms with Gasteiger partial charge in [-0.15, -0.1) is 0 Å². The minimum atomic E-state index is -0.964. The van der Waals surface area contributed by atoms with E-state index in [1.54, 1.807) is 49.6 Å².